The van der Waals surface area contributed by atoms with Crippen LogP contribution >= 0.6 is 0 Å². The van der Waals surface area contributed by atoms with Gasteiger partial charge in [0.15, 0.2) is 0 Å². The quantitative estimate of drug-likeness (QED) is 0.534. The zero-order chi connectivity index (χ0) is 19.3. The van der Waals surface area contributed by atoms with E-state index in [9.17, 15) is 0 Å². The first-order valence-electron chi connectivity index (χ1n) is 9.42. The molecule has 0 N–H and O–H groups in total. The normalized spacial score (nSPS) is 23.5. The Balaban J connectivity index is 0.00000338. The number of rotatable bonds is 4. The van der Waals surface area contributed by atoms with Crippen LogP contribution in [0.1, 0.15) is 40.5 Å². The van der Waals surface area contributed by atoms with Gasteiger partial charge < -0.3 is 24.8 Å². The molecular weight excluding hydrogens is 443 g/mol. The number of hydrogen-bond acceptors (Lipinski definition) is 1. The largest absolute Gasteiger partial charge is 1.00 e. The predicted octanol–water partition coefficient (Wildman–Crippen LogP) is 0.455. The van der Waals surface area contributed by atoms with Gasteiger partial charge in [-0.2, -0.15) is 0 Å². The molecule has 0 aromatic carbocycles. The number of allylic oxidation sites excluding steroid dienone is 6. The van der Waals surface area contributed by atoms with Crippen molar-refractivity contribution in [1.82, 2.24) is 0 Å². The Kier molecular flexibility index (Phi) is 9.42. The molecule has 0 radical (unpaired) electrons. The van der Waals surface area contributed by atoms with Crippen LogP contribution in [0.5, 0.6) is 0 Å². The van der Waals surface area contributed by atoms with Crippen LogP contribution in [0.15, 0.2) is 44.5 Å². The van der Waals surface area contributed by atoms with Crippen molar-refractivity contribution in [2.75, 3.05) is 0 Å². The molecule has 27 heavy (non-hydrogen) atoms. The van der Waals surface area contributed by atoms with E-state index in [1.165, 1.54) is 11.1 Å². The molecule has 0 amide bonds. The maximum absolute atomic E-state index is 7.20. The van der Waals surface area contributed by atoms with Gasteiger partial charge in [-0.15, -0.1) is 0 Å². The zero-order valence-corrected chi connectivity index (χ0v) is 23.5. The van der Waals surface area contributed by atoms with Crippen LogP contribution in [-0.4, -0.2) is 21.6 Å². The molecule has 0 fully saturated rings. The Morgan fingerprint density at radius 1 is 1.07 bits per heavy atom. The molecule has 0 saturated heterocycles. The first kappa shape index (κ1) is 27.6. The van der Waals surface area contributed by atoms with Gasteiger partial charge in [-0.05, 0) is 0 Å². The number of hydrogen-bond donors (Lipinski definition) is 0. The fourth-order valence-electron chi connectivity index (χ4n) is 4.29. The minimum atomic E-state index is -1.90. The maximum atomic E-state index is 7.20. The predicted molar refractivity (Wildman–Crippen MR) is 111 cm³/mol. The van der Waals surface area contributed by atoms with Crippen LogP contribution in [0.2, 0.25) is 32.7 Å². The van der Waals surface area contributed by atoms with Gasteiger partial charge in [0.25, 0.3) is 0 Å². The third-order valence-corrected chi connectivity index (χ3v) is 12.1. The summed E-state index contributed by atoms with van der Waals surface area (Å²) < 4.78 is 8.75. The Morgan fingerprint density at radius 2 is 1.63 bits per heavy atom. The van der Waals surface area contributed by atoms with Crippen LogP contribution < -0.4 is 24.8 Å². The summed E-state index contributed by atoms with van der Waals surface area (Å²) >= 11 is 2.32. The standard InChI is InChI=1S/C21H35OSi2.2ClH.Ti/c1-17-14-15-21(22-23(5,6)7,19(16-17)20(2,3)4)24(8,9)18-12-10-11-13-18;;;/h10,12,14,16H,11,15H2,1-9H3;2*1H;/q;;;+2/p-2. The molecule has 1 nitrogen and oxygen atoms in total. The molecule has 1 atom stereocenters. The molecule has 1 unspecified atom stereocenters. The van der Waals surface area contributed by atoms with E-state index in [1.54, 1.807) is 9.07 Å². The van der Waals surface area contributed by atoms with Crippen molar-refractivity contribution in [3.63, 3.8) is 0 Å². The van der Waals surface area contributed by atoms with Gasteiger partial charge in [-0.1, -0.05) is 0 Å². The third-order valence-electron chi connectivity index (χ3n) is 5.42. The van der Waals surface area contributed by atoms with E-state index in [0.717, 1.165) is 12.8 Å². The maximum Gasteiger partial charge on any atom is -1.00 e. The van der Waals surface area contributed by atoms with Crippen molar-refractivity contribution < 1.29 is 49.7 Å². The fraction of sp³-hybridized carbons (Fsp3) is 0.619. The molecule has 2 aliphatic carbocycles. The third kappa shape index (κ3) is 5.63. The zero-order valence-electron chi connectivity index (χ0n) is 18.4. The van der Waals surface area contributed by atoms with E-state index in [1.807, 2.05) is 0 Å². The van der Waals surface area contributed by atoms with Crippen molar-refractivity contribution in [3.8, 4) is 0 Å². The van der Waals surface area contributed by atoms with E-state index in [-0.39, 0.29) is 35.5 Å². The van der Waals surface area contributed by atoms with Gasteiger partial charge in [-0.25, -0.2) is 0 Å². The Labute approximate surface area is 193 Å². The van der Waals surface area contributed by atoms with Crippen LogP contribution in [-0.2, 0) is 24.9 Å². The molecule has 2 aliphatic rings. The summed E-state index contributed by atoms with van der Waals surface area (Å²) in [5, 5.41) is 1.47. The summed E-state index contributed by atoms with van der Waals surface area (Å²) in [5.41, 5.74) is 3.01. The Hall–Kier alpha value is 0.648. The van der Waals surface area contributed by atoms with Crippen molar-refractivity contribution in [1.29, 1.82) is 0 Å². The first-order chi connectivity index (χ1) is 11.2. The van der Waals surface area contributed by atoms with Gasteiger partial charge in [0.2, 0.25) is 0 Å². The Bertz CT molecular complexity index is 679. The van der Waals surface area contributed by atoms with E-state index >= 15 is 0 Å². The monoisotopic (exact) mass is 477 g/mol. The second-order valence-corrected chi connectivity index (χ2v) is 20.1. The molecule has 0 heterocycles. The fourth-order valence-corrected chi connectivity index (χ4v) is 12.8. The summed E-state index contributed by atoms with van der Waals surface area (Å²) in [6.07, 6.45) is 11.7. The summed E-state index contributed by atoms with van der Waals surface area (Å²) in [6, 6.07) is 0. The molecule has 6 heteroatoms. The van der Waals surface area contributed by atoms with Gasteiger partial charge in [0, 0.05) is 0 Å². The molecule has 0 aromatic heterocycles. The van der Waals surface area contributed by atoms with Crippen molar-refractivity contribution in [2.45, 2.75) is 78.5 Å². The van der Waals surface area contributed by atoms with Crippen LogP contribution in [0, 0.1) is 5.41 Å². The average molecular weight is 478 g/mol. The van der Waals surface area contributed by atoms with Gasteiger partial charge >= 0.3 is 170 Å². The minimum absolute atomic E-state index is 0. The summed E-state index contributed by atoms with van der Waals surface area (Å²) in [6.45, 7) is 21.4. The smallest absolute Gasteiger partial charge is 1.00 e. The number of halogens is 2. The van der Waals surface area contributed by atoms with Crippen molar-refractivity contribution >= 4 is 16.4 Å². The average Bonchev–Trinajstić information content (AvgIpc) is 2.85. The van der Waals surface area contributed by atoms with Gasteiger partial charge in [0.1, 0.15) is 0 Å². The summed E-state index contributed by atoms with van der Waals surface area (Å²) in [4.78, 5) is 0. The van der Waals surface area contributed by atoms with Crippen LogP contribution in [0.3, 0.4) is 0 Å². The summed E-state index contributed by atoms with van der Waals surface area (Å²) in [7, 11) is -3.63. The SMILES string of the molecule is CC1=CCC(O[Si](C)(C)C)([Si](C)(C)C2=[C]([Ti+2])CC=C2)C(C(C)(C)C)=C1.[Cl-].[Cl-]. The Morgan fingerprint density at radius 3 is 2.04 bits per heavy atom. The van der Waals surface area contributed by atoms with E-state index < -0.39 is 16.4 Å². The molecule has 0 bridgehead atoms. The summed E-state index contributed by atoms with van der Waals surface area (Å²) in [5.74, 6) is 0. The van der Waals surface area contributed by atoms with Crippen molar-refractivity contribution in [3.05, 3.63) is 44.5 Å². The van der Waals surface area contributed by atoms with E-state index in [0.29, 0.717) is 0 Å². The first-order valence-corrected chi connectivity index (χ1v) is 16.6. The minimum Gasteiger partial charge on any atom is -1.00 e. The van der Waals surface area contributed by atoms with Crippen LogP contribution in [0.25, 0.3) is 0 Å². The topological polar surface area (TPSA) is 9.23 Å². The van der Waals surface area contributed by atoms with Crippen molar-refractivity contribution in [2.24, 2.45) is 5.41 Å². The molecule has 0 aliphatic heterocycles. The molecule has 0 spiro atoms. The second-order valence-electron chi connectivity index (χ2n) is 10.1. The second kappa shape index (κ2) is 9.20. The van der Waals surface area contributed by atoms with Gasteiger partial charge in [-0.3, -0.25) is 0 Å². The molecule has 151 valence electrons. The molecule has 0 saturated carbocycles. The molecular formula is C21H35Cl2OSi2Ti. The molecule has 2 rings (SSSR count). The molecule has 0 aromatic rings. The van der Waals surface area contributed by atoms with E-state index in [2.05, 4.69) is 105 Å². The van der Waals surface area contributed by atoms with E-state index in [4.69, 9.17) is 4.43 Å². The van der Waals surface area contributed by atoms with Crippen LogP contribution in [0.4, 0.5) is 0 Å². The van der Waals surface area contributed by atoms with Gasteiger partial charge in [0.05, 0.1) is 0 Å².